The third-order valence-corrected chi connectivity index (χ3v) is 5.68. The number of anilines is 1. The summed E-state index contributed by atoms with van der Waals surface area (Å²) in [5.74, 6) is 0.568. The molecule has 5 nitrogen and oxygen atoms in total. The van der Waals surface area contributed by atoms with Gasteiger partial charge in [0.1, 0.15) is 18.2 Å². The highest BCUT2D eigenvalue weighted by atomic mass is 127. The fraction of sp³-hybridized carbons (Fsp3) is 0.120. The molecule has 0 bridgehead atoms. The number of ether oxygens (including phenoxy) is 2. The van der Waals surface area contributed by atoms with Crippen LogP contribution in [0.5, 0.6) is 11.5 Å². The first-order valence-corrected chi connectivity index (χ1v) is 11.1. The van der Waals surface area contributed by atoms with Gasteiger partial charge in [0, 0.05) is 0 Å². The Labute approximate surface area is 205 Å². The Hall–Kier alpha value is -3.02. The summed E-state index contributed by atoms with van der Waals surface area (Å²) in [6, 6.07) is 20.4. The molecule has 0 aliphatic carbocycles. The van der Waals surface area contributed by atoms with Crippen LogP contribution >= 0.6 is 34.2 Å². The smallest absolute Gasteiger partial charge is 0.266 e. The molecule has 3 aromatic carbocycles. The van der Waals surface area contributed by atoms with Crippen LogP contribution < -0.4 is 14.8 Å². The SMILES string of the molecule is COc1cc(/C=C(\C#N)C(=O)Nc2ccccc2Cl)cc(I)c1OCc1ccc(C)cc1. The number of nitrogens with one attached hydrogen (secondary N) is 1. The van der Waals surface area contributed by atoms with Crippen molar-refractivity contribution >= 4 is 51.9 Å². The van der Waals surface area contributed by atoms with Gasteiger partial charge in [-0.3, -0.25) is 4.79 Å². The molecule has 1 N–H and O–H groups in total. The van der Waals surface area contributed by atoms with Crippen LogP contribution in [-0.2, 0) is 11.4 Å². The van der Waals surface area contributed by atoms with Crippen molar-refractivity contribution in [2.75, 3.05) is 12.4 Å². The molecule has 0 radical (unpaired) electrons. The molecule has 162 valence electrons. The maximum absolute atomic E-state index is 12.6. The Kier molecular flexibility index (Phi) is 8.14. The molecule has 0 saturated carbocycles. The summed E-state index contributed by atoms with van der Waals surface area (Å²) in [6.45, 7) is 2.43. The van der Waals surface area contributed by atoms with Crippen molar-refractivity contribution in [1.29, 1.82) is 5.26 Å². The van der Waals surface area contributed by atoms with Crippen LogP contribution in [0.1, 0.15) is 16.7 Å². The average Bonchev–Trinajstić information content (AvgIpc) is 2.79. The molecule has 0 aliphatic rings. The molecule has 0 spiro atoms. The highest BCUT2D eigenvalue weighted by molar-refractivity contribution is 14.1. The monoisotopic (exact) mass is 558 g/mol. The van der Waals surface area contributed by atoms with E-state index in [-0.39, 0.29) is 5.57 Å². The van der Waals surface area contributed by atoms with Crippen molar-refractivity contribution in [2.24, 2.45) is 0 Å². The Balaban J connectivity index is 1.82. The predicted octanol–water partition coefficient (Wildman–Crippen LogP) is 6.39. The van der Waals surface area contributed by atoms with Crippen molar-refractivity contribution in [3.63, 3.8) is 0 Å². The lowest BCUT2D eigenvalue weighted by molar-refractivity contribution is -0.112. The number of carbonyl (C=O) groups excluding carboxylic acids is 1. The van der Waals surface area contributed by atoms with Gasteiger partial charge in [0.2, 0.25) is 0 Å². The number of halogens is 2. The van der Waals surface area contributed by atoms with Gasteiger partial charge < -0.3 is 14.8 Å². The van der Waals surface area contributed by atoms with E-state index in [0.29, 0.717) is 34.4 Å². The van der Waals surface area contributed by atoms with Gasteiger partial charge in [-0.15, -0.1) is 0 Å². The Morgan fingerprint density at radius 1 is 1.19 bits per heavy atom. The van der Waals surface area contributed by atoms with Crippen LogP contribution in [0.25, 0.3) is 6.08 Å². The number of benzene rings is 3. The summed E-state index contributed by atoms with van der Waals surface area (Å²) < 4.78 is 12.3. The number of nitrogens with zero attached hydrogens (tertiary/aromatic N) is 1. The minimum absolute atomic E-state index is 0.0592. The lowest BCUT2D eigenvalue weighted by atomic mass is 10.1. The average molecular weight is 559 g/mol. The molecule has 0 aromatic heterocycles. The third-order valence-electron chi connectivity index (χ3n) is 4.55. The van der Waals surface area contributed by atoms with Crippen LogP contribution in [0.4, 0.5) is 5.69 Å². The predicted molar refractivity (Wildman–Crippen MR) is 135 cm³/mol. The van der Waals surface area contributed by atoms with Gasteiger partial charge in [0.05, 0.1) is 21.4 Å². The quantitative estimate of drug-likeness (QED) is 0.207. The minimum Gasteiger partial charge on any atom is -0.493 e. The van der Waals surface area contributed by atoms with Crippen molar-refractivity contribution in [3.8, 4) is 17.6 Å². The van der Waals surface area contributed by atoms with Crippen molar-refractivity contribution in [2.45, 2.75) is 13.5 Å². The number of hydrogen-bond acceptors (Lipinski definition) is 4. The highest BCUT2D eigenvalue weighted by Gasteiger charge is 2.15. The largest absolute Gasteiger partial charge is 0.493 e. The topological polar surface area (TPSA) is 71.3 Å². The van der Waals surface area contributed by atoms with Gasteiger partial charge in [0.25, 0.3) is 5.91 Å². The zero-order chi connectivity index (χ0) is 23.1. The van der Waals surface area contributed by atoms with Crippen LogP contribution in [-0.4, -0.2) is 13.0 Å². The fourth-order valence-electron chi connectivity index (χ4n) is 2.87. The fourth-order valence-corrected chi connectivity index (χ4v) is 3.83. The van der Waals surface area contributed by atoms with E-state index in [9.17, 15) is 10.1 Å². The lowest BCUT2D eigenvalue weighted by Crippen LogP contribution is -2.13. The molecule has 1 amide bonds. The number of rotatable bonds is 7. The van der Waals surface area contributed by atoms with Gasteiger partial charge in [-0.1, -0.05) is 53.6 Å². The normalized spacial score (nSPS) is 10.9. The summed E-state index contributed by atoms with van der Waals surface area (Å²) in [7, 11) is 1.55. The summed E-state index contributed by atoms with van der Waals surface area (Å²) >= 11 is 8.23. The van der Waals surface area contributed by atoms with Gasteiger partial charge in [-0.2, -0.15) is 5.26 Å². The Bertz CT molecular complexity index is 1200. The van der Waals surface area contributed by atoms with E-state index >= 15 is 0 Å². The number of para-hydroxylation sites is 1. The number of hydrogen-bond donors (Lipinski definition) is 1. The number of carbonyl (C=O) groups is 1. The summed E-state index contributed by atoms with van der Waals surface area (Å²) in [5, 5.41) is 12.6. The second-order valence-corrected chi connectivity index (χ2v) is 8.48. The first-order chi connectivity index (χ1) is 15.4. The van der Waals surface area contributed by atoms with Crippen LogP contribution in [0, 0.1) is 21.8 Å². The zero-order valence-corrected chi connectivity index (χ0v) is 20.4. The molecular formula is C25H20ClIN2O3. The van der Waals surface area contributed by atoms with E-state index in [2.05, 4.69) is 27.9 Å². The standard InChI is InChI=1S/C25H20ClIN2O3/c1-16-7-9-17(10-8-16)15-32-24-21(27)12-18(13-23(24)31-2)11-19(14-28)25(30)29-22-6-4-3-5-20(22)26/h3-13H,15H2,1-2H3,(H,29,30)/b19-11+. The van der Waals surface area contributed by atoms with Crippen LogP contribution in [0.2, 0.25) is 5.02 Å². The lowest BCUT2D eigenvalue weighted by Gasteiger charge is -2.14. The van der Waals surface area contributed by atoms with E-state index in [1.54, 1.807) is 37.4 Å². The summed E-state index contributed by atoms with van der Waals surface area (Å²) in [6.07, 6.45) is 1.50. The second-order valence-electron chi connectivity index (χ2n) is 6.91. The molecule has 0 unspecified atom stereocenters. The molecule has 32 heavy (non-hydrogen) atoms. The first kappa shape index (κ1) is 23.6. The molecule has 7 heteroatoms. The van der Waals surface area contributed by atoms with Gasteiger partial charge in [0.15, 0.2) is 11.5 Å². The number of methoxy groups -OCH3 is 1. The van der Waals surface area contributed by atoms with E-state index in [1.165, 1.54) is 11.6 Å². The summed E-state index contributed by atoms with van der Waals surface area (Å²) in [4.78, 5) is 12.6. The molecule has 0 aliphatic heterocycles. The van der Waals surface area contributed by atoms with Gasteiger partial charge in [-0.05, 0) is 71.0 Å². The van der Waals surface area contributed by atoms with Crippen molar-refractivity contribution < 1.29 is 14.3 Å². The Morgan fingerprint density at radius 2 is 1.91 bits per heavy atom. The van der Waals surface area contributed by atoms with E-state index in [1.807, 2.05) is 43.3 Å². The number of amides is 1. The van der Waals surface area contributed by atoms with Gasteiger partial charge >= 0.3 is 0 Å². The molecular weight excluding hydrogens is 539 g/mol. The maximum Gasteiger partial charge on any atom is 0.266 e. The molecule has 3 aromatic rings. The van der Waals surface area contributed by atoms with Crippen LogP contribution in [0.3, 0.4) is 0 Å². The molecule has 0 fully saturated rings. The van der Waals surface area contributed by atoms with E-state index < -0.39 is 5.91 Å². The van der Waals surface area contributed by atoms with E-state index in [0.717, 1.165) is 9.13 Å². The molecule has 3 rings (SSSR count). The maximum atomic E-state index is 12.6. The number of aryl methyl sites for hydroxylation is 1. The minimum atomic E-state index is -0.547. The first-order valence-electron chi connectivity index (χ1n) is 9.65. The second kappa shape index (κ2) is 11.0. The molecule has 0 atom stereocenters. The third kappa shape index (κ3) is 6.02. The number of nitriles is 1. The highest BCUT2D eigenvalue weighted by Crippen LogP contribution is 2.35. The van der Waals surface area contributed by atoms with E-state index in [4.69, 9.17) is 21.1 Å². The molecule has 0 saturated heterocycles. The van der Waals surface area contributed by atoms with Gasteiger partial charge in [-0.25, -0.2) is 0 Å². The van der Waals surface area contributed by atoms with Crippen molar-refractivity contribution in [1.82, 2.24) is 0 Å². The van der Waals surface area contributed by atoms with Crippen molar-refractivity contribution in [3.05, 3.63) is 91.5 Å². The van der Waals surface area contributed by atoms with Crippen LogP contribution in [0.15, 0.2) is 66.2 Å². The summed E-state index contributed by atoms with van der Waals surface area (Å²) in [5.41, 5.74) is 3.24. The Morgan fingerprint density at radius 3 is 2.56 bits per heavy atom. The molecule has 0 heterocycles. The zero-order valence-electron chi connectivity index (χ0n) is 17.5.